The topological polar surface area (TPSA) is 23.6 Å². The Balaban J connectivity index is 0.000000313. The molecule has 1 spiro atoms. The number of likely N-dealkylation sites (tertiary alicyclic amines) is 2. The summed E-state index contributed by atoms with van der Waals surface area (Å²) in [5.74, 6) is 1.15. The molecule has 2 aliphatic heterocycles. The number of benzene rings is 3. The van der Waals surface area contributed by atoms with Crippen LogP contribution in [0.1, 0.15) is 47.2 Å². The molecule has 35 heavy (non-hydrogen) atoms. The van der Waals surface area contributed by atoms with Gasteiger partial charge >= 0.3 is 0 Å². The highest BCUT2D eigenvalue weighted by Crippen LogP contribution is 2.46. The molecule has 0 aromatic heterocycles. The Bertz CT molecular complexity index is 1110. The van der Waals surface area contributed by atoms with Crippen LogP contribution in [0.2, 0.25) is 5.02 Å². The monoisotopic (exact) mass is 486 g/mol. The Morgan fingerprint density at radius 1 is 0.800 bits per heavy atom. The number of piperidine rings is 1. The zero-order chi connectivity index (χ0) is 24.1. The standard InChI is InChI=1S/C25H30N2O.C6H5Cl/c28-24-16-25(23-9-5-4-8-22(23)24)11-14-26(15-12-25)18-21-10-13-27(19-21)17-20-6-2-1-3-7-20;7-6-4-2-1-3-5-6/h1-9,21H,10-19H2;1-5H/t21-;/m0./s1. The molecule has 3 aromatic rings. The van der Waals surface area contributed by atoms with Crippen molar-refractivity contribution in [3.63, 3.8) is 0 Å². The fraction of sp³-hybridized carbons (Fsp3) is 0.387. The Hall–Kier alpha value is -2.46. The third kappa shape index (κ3) is 5.86. The maximum absolute atomic E-state index is 12.5. The number of ketones is 1. The van der Waals surface area contributed by atoms with Crippen molar-refractivity contribution in [1.29, 1.82) is 0 Å². The molecule has 0 N–H and O–H groups in total. The first-order valence-corrected chi connectivity index (χ1v) is 13.3. The van der Waals surface area contributed by atoms with Crippen LogP contribution in [0, 0.1) is 5.92 Å². The van der Waals surface area contributed by atoms with Gasteiger partial charge < -0.3 is 4.90 Å². The van der Waals surface area contributed by atoms with E-state index in [1.807, 2.05) is 42.5 Å². The van der Waals surface area contributed by atoms with Gasteiger partial charge in [0.2, 0.25) is 0 Å². The molecule has 2 heterocycles. The van der Waals surface area contributed by atoms with Crippen molar-refractivity contribution in [3.8, 4) is 0 Å². The summed E-state index contributed by atoms with van der Waals surface area (Å²) in [4.78, 5) is 17.7. The van der Waals surface area contributed by atoms with Crippen LogP contribution in [-0.4, -0.2) is 48.3 Å². The fourth-order valence-corrected chi connectivity index (χ4v) is 6.27. The highest BCUT2D eigenvalue weighted by Gasteiger charge is 2.45. The second kappa shape index (κ2) is 11.1. The second-order valence-corrected chi connectivity index (χ2v) is 10.8. The number of hydrogen-bond acceptors (Lipinski definition) is 3. The van der Waals surface area contributed by atoms with E-state index in [2.05, 4.69) is 52.3 Å². The number of halogens is 1. The molecule has 1 atom stereocenters. The van der Waals surface area contributed by atoms with E-state index in [9.17, 15) is 4.79 Å². The minimum Gasteiger partial charge on any atom is -0.303 e. The van der Waals surface area contributed by atoms with Crippen LogP contribution >= 0.6 is 11.6 Å². The summed E-state index contributed by atoms with van der Waals surface area (Å²) < 4.78 is 0. The average molecular weight is 487 g/mol. The SMILES string of the molecule is Clc1ccccc1.O=C1CC2(CCN(C[C@@H]3CCN(Cc4ccccc4)C3)CC2)c2ccccc21. The van der Waals surface area contributed by atoms with Gasteiger partial charge in [0.05, 0.1) is 0 Å². The molecule has 6 rings (SSSR count). The van der Waals surface area contributed by atoms with E-state index in [-0.39, 0.29) is 5.41 Å². The minimum atomic E-state index is 0.124. The van der Waals surface area contributed by atoms with E-state index in [0.29, 0.717) is 5.78 Å². The van der Waals surface area contributed by atoms with Gasteiger partial charge in [0, 0.05) is 42.1 Å². The molecule has 2 saturated heterocycles. The van der Waals surface area contributed by atoms with Crippen LogP contribution in [0.4, 0.5) is 0 Å². The summed E-state index contributed by atoms with van der Waals surface area (Å²) in [6.45, 7) is 7.01. The number of fused-ring (bicyclic) bond motifs is 2. The molecule has 3 nitrogen and oxygen atoms in total. The maximum atomic E-state index is 12.5. The molecule has 2 fully saturated rings. The molecule has 0 saturated carbocycles. The summed E-state index contributed by atoms with van der Waals surface area (Å²) in [5.41, 5.74) is 3.87. The Morgan fingerprint density at radius 3 is 2.14 bits per heavy atom. The lowest BCUT2D eigenvalue weighted by atomic mass is 9.73. The average Bonchev–Trinajstić information content (AvgIpc) is 3.44. The normalized spacial score (nSPS) is 21.5. The molecule has 0 amide bonds. The zero-order valence-electron chi connectivity index (χ0n) is 20.4. The Kier molecular flexibility index (Phi) is 7.67. The first-order chi connectivity index (χ1) is 17.1. The van der Waals surface area contributed by atoms with Gasteiger partial charge in [0.1, 0.15) is 0 Å². The minimum absolute atomic E-state index is 0.124. The van der Waals surface area contributed by atoms with Gasteiger partial charge in [-0.1, -0.05) is 84.4 Å². The number of carbonyl (C=O) groups excluding carboxylic acids is 1. The zero-order valence-corrected chi connectivity index (χ0v) is 21.2. The van der Waals surface area contributed by atoms with E-state index in [4.69, 9.17) is 11.6 Å². The number of carbonyl (C=O) groups is 1. The summed E-state index contributed by atoms with van der Waals surface area (Å²) in [6.07, 6.45) is 4.32. The van der Waals surface area contributed by atoms with E-state index in [0.717, 1.165) is 55.4 Å². The lowest BCUT2D eigenvalue weighted by molar-refractivity contribution is 0.0924. The Labute approximate surface area is 214 Å². The fourth-order valence-electron chi connectivity index (χ4n) is 6.12. The third-order valence-electron chi connectivity index (χ3n) is 7.98. The number of Topliss-reactive ketones (excluding diaryl/α,β-unsaturated/α-hetero) is 1. The van der Waals surface area contributed by atoms with Crippen molar-refractivity contribution in [1.82, 2.24) is 9.80 Å². The van der Waals surface area contributed by atoms with Gasteiger partial charge in [-0.25, -0.2) is 0 Å². The molecule has 0 bridgehead atoms. The molecule has 3 aliphatic rings. The van der Waals surface area contributed by atoms with Gasteiger partial charge in [0.15, 0.2) is 5.78 Å². The summed E-state index contributed by atoms with van der Waals surface area (Å²) in [5, 5.41) is 0.794. The summed E-state index contributed by atoms with van der Waals surface area (Å²) in [7, 11) is 0. The van der Waals surface area contributed by atoms with E-state index in [1.54, 1.807) is 0 Å². The summed E-state index contributed by atoms with van der Waals surface area (Å²) >= 11 is 5.54. The lowest BCUT2D eigenvalue weighted by Gasteiger charge is -2.40. The molecule has 4 heteroatoms. The molecule has 1 aliphatic carbocycles. The van der Waals surface area contributed by atoms with Crippen LogP contribution in [-0.2, 0) is 12.0 Å². The number of rotatable bonds is 4. The molecule has 3 aromatic carbocycles. The van der Waals surface area contributed by atoms with Gasteiger partial charge in [-0.2, -0.15) is 0 Å². The summed E-state index contributed by atoms with van der Waals surface area (Å²) in [6, 6.07) is 28.6. The van der Waals surface area contributed by atoms with Crippen molar-refractivity contribution < 1.29 is 4.79 Å². The highest BCUT2D eigenvalue weighted by molar-refractivity contribution is 6.30. The van der Waals surface area contributed by atoms with Crippen molar-refractivity contribution in [3.05, 3.63) is 107 Å². The van der Waals surface area contributed by atoms with Gasteiger partial charge in [0.25, 0.3) is 0 Å². The first kappa shape index (κ1) is 24.2. The predicted octanol–water partition coefficient (Wildman–Crippen LogP) is 6.47. The van der Waals surface area contributed by atoms with Crippen molar-refractivity contribution in [2.24, 2.45) is 5.92 Å². The maximum Gasteiger partial charge on any atom is 0.164 e. The molecule has 182 valence electrons. The largest absolute Gasteiger partial charge is 0.303 e. The van der Waals surface area contributed by atoms with Gasteiger partial charge in [-0.3, -0.25) is 9.69 Å². The van der Waals surface area contributed by atoms with Crippen LogP contribution in [0.15, 0.2) is 84.9 Å². The molecule has 0 radical (unpaired) electrons. The number of hydrogen-bond donors (Lipinski definition) is 0. The second-order valence-electron chi connectivity index (χ2n) is 10.4. The molecular weight excluding hydrogens is 452 g/mol. The third-order valence-corrected chi connectivity index (χ3v) is 8.23. The van der Waals surface area contributed by atoms with E-state index >= 15 is 0 Å². The van der Waals surface area contributed by atoms with Gasteiger partial charge in [-0.15, -0.1) is 0 Å². The van der Waals surface area contributed by atoms with Gasteiger partial charge in [-0.05, 0) is 68.1 Å². The van der Waals surface area contributed by atoms with Crippen molar-refractivity contribution >= 4 is 17.4 Å². The van der Waals surface area contributed by atoms with Crippen LogP contribution < -0.4 is 0 Å². The smallest absolute Gasteiger partial charge is 0.164 e. The van der Waals surface area contributed by atoms with Crippen LogP contribution in [0.5, 0.6) is 0 Å². The Morgan fingerprint density at radius 2 is 1.46 bits per heavy atom. The quantitative estimate of drug-likeness (QED) is 0.422. The number of nitrogens with zero attached hydrogens (tertiary/aromatic N) is 2. The molecule has 0 unspecified atom stereocenters. The highest BCUT2D eigenvalue weighted by atomic mass is 35.5. The molecular formula is C31H35ClN2O. The first-order valence-electron chi connectivity index (χ1n) is 12.9. The lowest BCUT2D eigenvalue weighted by Crippen LogP contribution is -2.43. The van der Waals surface area contributed by atoms with Crippen LogP contribution in [0.3, 0.4) is 0 Å². The van der Waals surface area contributed by atoms with E-state index < -0.39 is 0 Å². The van der Waals surface area contributed by atoms with Crippen LogP contribution in [0.25, 0.3) is 0 Å². The van der Waals surface area contributed by atoms with E-state index in [1.165, 1.54) is 37.2 Å². The van der Waals surface area contributed by atoms with Crippen molar-refractivity contribution in [2.45, 2.75) is 37.6 Å². The predicted molar refractivity (Wildman–Crippen MR) is 144 cm³/mol. The van der Waals surface area contributed by atoms with Crippen molar-refractivity contribution in [2.75, 3.05) is 32.7 Å².